The van der Waals surface area contributed by atoms with Gasteiger partial charge in [0.1, 0.15) is 11.8 Å². The molecule has 114 valence electrons. The van der Waals surface area contributed by atoms with Crippen molar-refractivity contribution in [3.63, 3.8) is 0 Å². The summed E-state index contributed by atoms with van der Waals surface area (Å²) < 4.78 is 4.41. The van der Waals surface area contributed by atoms with E-state index in [9.17, 15) is 19.5 Å². The van der Waals surface area contributed by atoms with Gasteiger partial charge in [0.05, 0.1) is 12.1 Å². The summed E-state index contributed by atoms with van der Waals surface area (Å²) in [6, 6.07) is 2.51. The highest BCUT2D eigenvalue weighted by Gasteiger charge is 2.22. The average molecular weight is 316 g/mol. The van der Waals surface area contributed by atoms with E-state index in [0.717, 1.165) is 0 Å². The van der Waals surface area contributed by atoms with Crippen molar-refractivity contribution in [2.24, 2.45) is 0 Å². The summed E-state index contributed by atoms with van der Waals surface area (Å²) in [6.45, 7) is 0. The predicted molar refractivity (Wildman–Crippen MR) is 73.3 cm³/mol. The number of phenols is 1. The zero-order valence-electron chi connectivity index (χ0n) is 11.1. The largest absolute Gasteiger partial charge is 0.506 e. The lowest BCUT2D eigenvalue weighted by Gasteiger charge is -2.14. The zero-order chi connectivity index (χ0) is 16.0. The maximum atomic E-state index is 11.9. The number of nitrogens with one attached hydrogen (secondary N) is 1. The number of ether oxygens (including phenoxy) is 1. The molecule has 0 aliphatic heterocycles. The lowest BCUT2D eigenvalue weighted by Crippen LogP contribution is -2.41. The van der Waals surface area contributed by atoms with Gasteiger partial charge < -0.3 is 20.3 Å². The highest BCUT2D eigenvalue weighted by molar-refractivity contribution is 6.32. The molecule has 0 heterocycles. The number of rotatable bonds is 6. The number of aromatic hydroxyl groups is 1. The van der Waals surface area contributed by atoms with Gasteiger partial charge in [-0.15, -0.1) is 0 Å². The highest BCUT2D eigenvalue weighted by Crippen LogP contribution is 2.23. The van der Waals surface area contributed by atoms with Crippen molar-refractivity contribution < 1.29 is 29.3 Å². The monoisotopic (exact) mass is 315 g/mol. The van der Waals surface area contributed by atoms with E-state index in [0.29, 0.717) is 0 Å². The smallest absolute Gasteiger partial charge is 0.326 e. The van der Waals surface area contributed by atoms with Crippen LogP contribution in [0.3, 0.4) is 0 Å². The van der Waals surface area contributed by atoms with Crippen molar-refractivity contribution in [3.05, 3.63) is 28.8 Å². The number of benzene rings is 1. The molecule has 1 rings (SSSR count). The van der Waals surface area contributed by atoms with Crippen molar-refractivity contribution >= 4 is 29.4 Å². The summed E-state index contributed by atoms with van der Waals surface area (Å²) in [4.78, 5) is 34.0. The van der Waals surface area contributed by atoms with Crippen LogP contribution in [0.5, 0.6) is 5.75 Å². The average Bonchev–Trinajstić information content (AvgIpc) is 2.45. The summed E-state index contributed by atoms with van der Waals surface area (Å²) in [5.74, 6) is -2.69. The zero-order valence-corrected chi connectivity index (χ0v) is 11.9. The van der Waals surface area contributed by atoms with E-state index in [-0.39, 0.29) is 29.2 Å². The topological polar surface area (TPSA) is 113 Å². The van der Waals surface area contributed by atoms with Gasteiger partial charge in [-0.2, -0.15) is 0 Å². The third-order valence-corrected chi connectivity index (χ3v) is 2.98. The Morgan fingerprint density at radius 2 is 2.05 bits per heavy atom. The lowest BCUT2D eigenvalue weighted by atomic mass is 10.1. The van der Waals surface area contributed by atoms with Crippen LogP contribution in [0.25, 0.3) is 0 Å². The second kappa shape index (κ2) is 7.49. The number of carbonyl (C=O) groups excluding carboxylic acids is 2. The first-order chi connectivity index (χ1) is 9.85. The molecule has 0 fully saturated rings. The molecule has 8 heteroatoms. The molecule has 1 atom stereocenters. The van der Waals surface area contributed by atoms with Crippen LogP contribution in [0, 0.1) is 0 Å². The van der Waals surface area contributed by atoms with Gasteiger partial charge in [0.2, 0.25) is 0 Å². The van der Waals surface area contributed by atoms with Gasteiger partial charge in [-0.05, 0) is 24.6 Å². The van der Waals surface area contributed by atoms with Crippen molar-refractivity contribution in [1.82, 2.24) is 5.32 Å². The van der Waals surface area contributed by atoms with Crippen LogP contribution in [-0.2, 0) is 14.3 Å². The summed E-state index contributed by atoms with van der Waals surface area (Å²) in [6.07, 6.45) is -0.232. The fraction of sp³-hybridized carbons (Fsp3) is 0.308. The summed E-state index contributed by atoms with van der Waals surface area (Å²) in [5, 5.41) is 20.5. The number of aliphatic carboxylic acids is 1. The Labute approximate surface area is 125 Å². The van der Waals surface area contributed by atoms with Crippen LogP contribution < -0.4 is 5.32 Å². The van der Waals surface area contributed by atoms with Crippen molar-refractivity contribution in [1.29, 1.82) is 0 Å². The number of hydrogen-bond acceptors (Lipinski definition) is 5. The van der Waals surface area contributed by atoms with Gasteiger partial charge in [-0.25, -0.2) is 4.79 Å². The molecule has 0 aliphatic carbocycles. The first kappa shape index (κ1) is 16.8. The highest BCUT2D eigenvalue weighted by atomic mass is 35.5. The van der Waals surface area contributed by atoms with Crippen LogP contribution in [0.1, 0.15) is 23.2 Å². The second-order valence-electron chi connectivity index (χ2n) is 4.15. The quantitative estimate of drug-likeness (QED) is 0.679. The molecule has 0 spiro atoms. The van der Waals surface area contributed by atoms with E-state index in [4.69, 9.17) is 16.7 Å². The number of methoxy groups -OCH3 is 1. The van der Waals surface area contributed by atoms with Crippen molar-refractivity contribution in [2.45, 2.75) is 18.9 Å². The van der Waals surface area contributed by atoms with E-state index >= 15 is 0 Å². The molecule has 7 nitrogen and oxygen atoms in total. The molecule has 0 bridgehead atoms. The van der Waals surface area contributed by atoms with Crippen LogP contribution in [0.15, 0.2) is 18.2 Å². The Balaban J connectivity index is 2.74. The SMILES string of the molecule is COC(=O)CC[C@@H](NC(=O)c1ccc(O)c(Cl)c1)C(=O)O. The Hall–Kier alpha value is -2.28. The minimum Gasteiger partial charge on any atom is -0.506 e. The van der Waals surface area contributed by atoms with Gasteiger partial charge in [-0.1, -0.05) is 11.6 Å². The molecule has 21 heavy (non-hydrogen) atoms. The van der Waals surface area contributed by atoms with E-state index in [1.165, 1.54) is 25.3 Å². The van der Waals surface area contributed by atoms with Crippen molar-refractivity contribution in [2.75, 3.05) is 7.11 Å². The molecule has 0 saturated heterocycles. The number of carboxylic acid groups (broad SMARTS) is 1. The molecule has 3 N–H and O–H groups in total. The minimum atomic E-state index is -1.27. The van der Waals surface area contributed by atoms with E-state index in [1.807, 2.05) is 0 Å². The number of amides is 1. The second-order valence-corrected chi connectivity index (χ2v) is 4.55. The van der Waals surface area contributed by atoms with Crippen LogP contribution >= 0.6 is 11.6 Å². The number of phenolic OH excluding ortho intramolecular Hbond substituents is 1. The third kappa shape index (κ3) is 4.96. The summed E-state index contributed by atoms with van der Waals surface area (Å²) in [7, 11) is 1.19. The predicted octanol–water partition coefficient (Wildman–Crippen LogP) is 1.18. The first-order valence-corrected chi connectivity index (χ1v) is 6.32. The fourth-order valence-corrected chi connectivity index (χ4v) is 1.69. The first-order valence-electron chi connectivity index (χ1n) is 5.94. The lowest BCUT2D eigenvalue weighted by molar-refractivity contribution is -0.142. The van der Waals surface area contributed by atoms with E-state index < -0.39 is 23.9 Å². The Kier molecular flexibility index (Phi) is 5.98. The van der Waals surface area contributed by atoms with E-state index in [2.05, 4.69) is 10.1 Å². The molecule has 0 aromatic heterocycles. The van der Waals surface area contributed by atoms with Gasteiger partial charge in [0.15, 0.2) is 0 Å². The Morgan fingerprint density at radius 3 is 2.57 bits per heavy atom. The van der Waals surface area contributed by atoms with Gasteiger partial charge in [0, 0.05) is 12.0 Å². The van der Waals surface area contributed by atoms with Gasteiger partial charge in [0.25, 0.3) is 5.91 Å². The molecule has 0 unspecified atom stereocenters. The number of halogens is 1. The number of hydrogen-bond donors (Lipinski definition) is 3. The molecular weight excluding hydrogens is 302 g/mol. The molecule has 1 aromatic rings. The minimum absolute atomic E-state index is 0.0240. The van der Waals surface area contributed by atoms with Crippen LogP contribution in [0.4, 0.5) is 0 Å². The number of carboxylic acids is 1. The summed E-state index contributed by atoms with van der Waals surface area (Å²) >= 11 is 5.67. The van der Waals surface area contributed by atoms with Crippen LogP contribution in [-0.4, -0.2) is 41.2 Å². The standard InChI is InChI=1S/C13H14ClNO6/c1-21-11(17)5-3-9(13(19)20)15-12(18)7-2-4-10(16)8(14)6-7/h2,4,6,9,16H,3,5H2,1H3,(H,15,18)(H,19,20)/t9-/m1/s1. The van der Waals surface area contributed by atoms with Gasteiger partial charge in [-0.3, -0.25) is 9.59 Å². The van der Waals surface area contributed by atoms with Crippen LogP contribution in [0.2, 0.25) is 5.02 Å². The molecule has 1 aromatic carbocycles. The Bertz CT molecular complexity index is 560. The normalized spacial score (nSPS) is 11.5. The number of esters is 1. The molecule has 1 amide bonds. The molecule has 0 aliphatic rings. The number of carbonyl (C=O) groups is 3. The summed E-state index contributed by atoms with van der Waals surface area (Å²) in [5.41, 5.74) is 0.0992. The maximum absolute atomic E-state index is 11.9. The molecule has 0 radical (unpaired) electrons. The molecule has 0 saturated carbocycles. The molecular formula is C13H14ClNO6. The third-order valence-electron chi connectivity index (χ3n) is 2.68. The maximum Gasteiger partial charge on any atom is 0.326 e. The van der Waals surface area contributed by atoms with Crippen molar-refractivity contribution in [3.8, 4) is 5.75 Å². The fourth-order valence-electron chi connectivity index (χ4n) is 1.51. The van der Waals surface area contributed by atoms with E-state index in [1.54, 1.807) is 0 Å². The van der Waals surface area contributed by atoms with Gasteiger partial charge >= 0.3 is 11.9 Å². The Morgan fingerprint density at radius 1 is 1.38 bits per heavy atom.